The van der Waals surface area contributed by atoms with E-state index in [0.29, 0.717) is 43.9 Å². The second kappa shape index (κ2) is 12.9. The quantitative estimate of drug-likeness (QED) is 0.282. The Bertz CT molecular complexity index is 756. The number of carbonyl (C=O) groups is 3. The lowest BCUT2D eigenvalue weighted by atomic mass is 9.82. The van der Waals surface area contributed by atoms with Gasteiger partial charge < -0.3 is 24.4 Å². The van der Waals surface area contributed by atoms with Crippen LogP contribution in [0, 0.1) is 5.92 Å². The van der Waals surface area contributed by atoms with E-state index in [9.17, 15) is 19.6 Å². The monoisotopic (exact) mass is 451 g/mol. The number of ether oxygens (including phenoxy) is 3. The summed E-state index contributed by atoms with van der Waals surface area (Å²) >= 11 is 0. The van der Waals surface area contributed by atoms with Crippen molar-refractivity contribution in [3.63, 3.8) is 0 Å². The molecule has 1 aliphatic rings. The summed E-state index contributed by atoms with van der Waals surface area (Å²) in [5, 5.41) is 11.8. The van der Waals surface area contributed by atoms with Crippen LogP contribution in [0.4, 0.5) is 4.79 Å². The van der Waals surface area contributed by atoms with E-state index in [0.717, 1.165) is 12.8 Å². The number of hydrogen-bond donors (Lipinski definition) is 3. The van der Waals surface area contributed by atoms with Gasteiger partial charge >= 0.3 is 6.09 Å². The van der Waals surface area contributed by atoms with Crippen molar-refractivity contribution in [1.29, 1.82) is 0 Å². The molecular formula is C22H33N3O7. The van der Waals surface area contributed by atoms with Crippen molar-refractivity contribution in [3.05, 3.63) is 29.8 Å². The minimum Gasteiger partial charge on any atom is -0.497 e. The number of hydroxylamine groups is 1. The summed E-state index contributed by atoms with van der Waals surface area (Å²) in [6.07, 6.45) is 1.02. The van der Waals surface area contributed by atoms with Crippen molar-refractivity contribution in [2.75, 3.05) is 33.9 Å². The number of piperidine rings is 1. The zero-order valence-corrected chi connectivity index (χ0v) is 18.8. The fourth-order valence-corrected chi connectivity index (χ4v) is 3.89. The molecule has 1 aromatic rings. The molecule has 3 atom stereocenters. The smallest absolute Gasteiger partial charge is 0.409 e. The molecule has 0 aliphatic carbocycles. The zero-order chi connectivity index (χ0) is 23.5. The molecule has 0 spiro atoms. The molecule has 2 rings (SSSR count). The lowest BCUT2D eigenvalue weighted by Gasteiger charge is -2.38. The summed E-state index contributed by atoms with van der Waals surface area (Å²) < 4.78 is 15.6. The van der Waals surface area contributed by atoms with Crippen LogP contribution in [0.3, 0.4) is 0 Å². The van der Waals surface area contributed by atoms with Gasteiger partial charge in [-0.2, -0.15) is 0 Å². The molecule has 0 saturated carbocycles. The number of methoxy groups -OCH3 is 2. The zero-order valence-electron chi connectivity index (χ0n) is 18.8. The highest BCUT2D eigenvalue weighted by atomic mass is 16.6. The Morgan fingerprint density at radius 2 is 1.91 bits per heavy atom. The molecule has 0 bridgehead atoms. The van der Waals surface area contributed by atoms with Gasteiger partial charge in [0.15, 0.2) is 6.23 Å². The number of benzene rings is 1. The molecule has 178 valence electrons. The van der Waals surface area contributed by atoms with Crippen molar-refractivity contribution >= 4 is 17.9 Å². The SMILES string of the molecule is CC[C@H](C(=O)NO)[C@H](C(=O)N1CCCC[C@@H]1OC(=O)NCCOC)c1ccc(OC)cc1. The third-order valence-corrected chi connectivity index (χ3v) is 5.58. The van der Waals surface area contributed by atoms with Gasteiger partial charge in [0, 0.05) is 26.6 Å². The predicted octanol–water partition coefficient (Wildman–Crippen LogP) is 2.02. The second-order valence-corrected chi connectivity index (χ2v) is 7.55. The normalized spacial score (nSPS) is 17.8. The number of carbonyl (C=O) groups excluding carboxylic acids is 3. The Morgan fingerprint density at radius 1 is 1.19 bits per heavy atom. The third kappa shape index (κ3) is 6.57. The summed E-state index contributed by atoms with van der Waals surface area (Å²) in [4.78, 5) is 39.8. The predicted molar refractivity (Wildman–Crippen MR) is 115 cm³/mol. The first-order valence-corrected chi connectivity index (χ1v) is 10.8. The van der Waals surface area contributed by atoms with Crippen LogP contribution in [0.5, 0.6) is 5.75 Å². The van der Waals surface area contributed by atoms with E-state index in [4.69, 9.17) is 14.2 Å². The van der Waals surface area contributed by atoms with Gasteiger partial charge in [-0.05, 0) is 37.0 Å². The molecule has 3 N–H and O–H groups in total. The molecule has 10 heteroatoms. The summed E-state index contributed by atoms with van der Waals surface area (Å²) in [6, 6.07) is 6.89. The lowest BCUT2D eigenvalue weighted by molar-refractivity contribution is -0.151. The van der Waals surface area contributed by atoms with E-state index >= 15 is 0 Å². The summed E-state index contributed by atoms with van der Waals surface area (Å²) in [6.45, 7) is 2.81. The van der Waals surface area contributed by atoms with Gasteiger partial charge in [-0.1, -0.05) is 19.1 Å². The van der Waals surface area contributed by atoms with Gasteiger partial charge in [-0.3, -0.25) is 14.8 Å². The van der Waals surface area contributed by atoms with E-state index in [1.807, 2.05) is 0 Å². The highest BCUT2D eigenvalue weighted by Crippen LogP contribution is 2.33. The average molecular weight is 452 g/mol. The number of nitrogens with zero attached hydrogens (tertiary/aromatic N) is 1. The Morgan fingerprint density at radius 3 is 2.50 bits per heavy atom. The molecule has 10 nitrogen and oxygen atoms in total. The molecule has 0 radical (unpaired) electrons. The largest absolute Gasteiger partial charge is 0.497 e. The molecule has 1 saturated heterocycles. The number of likely N-dealkylation sites (tertiary alicyclic amines) is 1. The van der Waals surface area contributed by atoms with Crippen molar-refractivity contribution in [2.24, 2.45) is 5.92 Å². The van der Waals surface area contributed by atoms with Crippen LogP contribution in [-0.2, 0) is 19.1 Å². The van der Waals surface area contributed by atoms with Gasteiger partial charge in [0.05, 0.1) is 25.6 Å². The van der Waals surface area contributed by atoms with Crippen LogP contribution in [-0.4, -0.2) is 68.2 Å². The maximum absolute atomic E-state index is 13.7. The summed E-state index contributed by atoms with van der Waals surface area (Å²) in [5.74, 6) is -2.03. The molecule has 1 fully saturated rings. The third-order valence-electron chi connectivity index (χ3n) is 5.58. The minimum absolute atomic E-state index is 0.291. The fourth-order valence-electron chi connectivity index (χ4n) is 3.89. The first kappa shape index (κ1) is 25.4. The van der Waals surface area contributed by atoms with Gasteiger partial charge in [0.25, 0.3) is 0 Å². The van der Waals surface area contributed by atoms with E-state index in [2.05, 4.69) is 5.32 Å². The Kier molecular flexibility index (Phi) is 10.2. The molecule has 1 heterocycles. The fraction of sp³-hybridized carbons (Fsp3) is 0.591. The van der Waals surface area contributed by atoms with Gasteiger partial charge in [-0.25, -0.2) is 10.3 Å². The van der Waals surface area contributed by atoms with E-state index < -0.39 is 30.1 Å². The Labute approximate surface area is 188 Å². The van der Waals surface area contributed by atoms with Crippen LogP contribution in [0.25, 0.3) is 0 Å². The van der Waals surface area contributed by atoms with Gasteiger partial charge in [-0.15, -0.1) is 0 Å². The van der Waals surface area contributed by atoms with Crippen molar-refractivity contribution in [3.8, 4) is 5.75 Å². The van der Waals surface area contributed by atoms with Crippen LogP contribution >= 0.6 is 0 Å². The summed E-state index contributed by atoms with van der Waals surface area (Å²) in [7, 11) is 3.07. The molecule has 3 amide bonds. The standard InChI is InChI=1S/C22H33N3O7/c1-4-17(20(26)24-29)19(15-8-10-16(31-3)11-9-15)21(27)25-13-6-5-7-18(25)32-22(28)23-12-14-30-2/h8-11,17-19,29H,4-7,12-14H2,1-3H3,(H,23,28)(H,24,26)/t17-,18-,19+/m0/s1. The topological polar surface area (TPSA) is 126 Å². The van der Waals surface area contributed by atoms with E-state index in [-0.39, 0.29) is 5.91 Å². The maximum Gasteiger partial charge on any atom is 0.409 e. The van der Waals surface area contributed by atoms with Gasteiger partial charge in [0.1, 0.15) is 5.75 Å². The number of amides is 3. The van der Waals surface area contributed by atoms with Crippen LogP contribution < -0.4 is 15.5 Å². The number of hydrogen-bond acceptors (Lipinski definition) is 7. The highest BCUT2D eigenvalue weighted by Gasteiger charge is 2.40. The Hall–Kier alpha value is -2.85. The minimum atomic E-state index is -0.862. The first-order chi connectivity index (χ1) is 15.5. The first-order valence-electron chi connectivity index (χ1n) is 10.8. The van der Waals surface area contributed by atoms with Crippen LogP contribution in [0.2, 0.25) is 0 Å². The molecule has 1 aromatic carbocycles. The number of rotatable bonds is 10. The van der Waals surface area contributed by atoms with Crippen molar-refractivity contribution < 1.29 is 33.8 Å². The number of nitrogens with one attached hydrogen (secondary N) is 2. The van der Waals surface area contributed by atoms with Crippen LogP contribution in [0.1, 0.15) is 44.1 Å². The molecular weight excluding hydrogens is 418 g/mol. The van der Waals surface area contributed by atoms with Gasteiger partial charge in [0.2, 0.25) is 11.8 Å². The Balaban J connectivity index is 2.30. The average Bonchev–Trinajstić information content (AvgIpc) is 2.82. The molecule has 32 heavy (non-hydrogen) atoms. The van der Waals surface area contributed by atoms with E-state index in [1.165, 1.54) is 12.0 Å². The maximum atomic E-state index is 13.7. The van der Waals surface area contributed by atoms with Crippen LogP contribution in [0.15, 0.2) is 24.3 Å². The number of alkyl carbamates (subject to hydrolysis) is 1. The highest BCUT2D eigenvalue weighted by molar-refractivity contribution is 5.91. The van der Waals surface area contributed by atoms with E-state index in [1.54, 1.807) is 43.8 Å². The lowest BCUT2D eigenvalue weighted by Crippen LogP contribution is -2.51. The molecule has 0 aromatic heterocycles. The summed E-state index contributed by atoms with van der Waals surface area (Å²) in [5.41, 5.74) is 2.29. The second-order valence-electron chi connectivity index (χ2n) is 7.55. The molecule has 1 aliphatic heterocycles. The van der Waals surface area contributed by atoms with Crippen molar-refractivity contribution in [2.45, 2.75) is 44.8 Å². The van der Waals surface area contributed by atoms with Crippen molar-refractivity contribution in [1.82, 2.24) is 15.7 Å². The molecule has 0 unspecified atom stereocenters.